The molecule has 1 aromatic rings. The second kappa shape index (κ2) is 6.47. The summed E-state index contributed by atoms with van der Waals surface area (Å²) < 4.78 is 0. The minimum atomic E-state index is 0.0334. The summed E-state index contributed by atoms with van der Waals surface area (Å²) in [5.41, 5.74) is 2.51. The summed E-state index contributed by atoms with van der Waals surface area (Å²) in [4.78, 5) is 11.3. The van der Waals surface area contributed by atoms with Crippen LogP contribution in [-0.4, -0.2) is 5.78 Å². The van der Waals surface area contributed by atoms with Gasteiger partial charge in [-0.05, 0) is 30.9 Å². The van der Waals surface area contributed by atoms with E-state index in [-0.39, 0.29) is 11.7 Å². The zero-order valence-corrected chi connectivity index (χ0v) is 10.6. The van der Waals surface area contributed by atoms with Crippen LogP contribution in [0, 0.1) is 0 Å². The third-order valence-electron chi connectivity index (χ3n) is 3.13. The van der Waals surface area contributed by atoms with E-state index in [0.29, 0.717) is 0 Å². The first-order chi connectivity index (χ1) is 7.65. The fourth-order valence-electron chi connectivity index (χ4n) is 1.83. The number of hydrogen-bond acceptors (Lipinski definition) is 1. The predicted octanol–water partition coefficient (Wildman–Crippen LogP) is 4.11. The molecule has 88 valence electrons. The lowest BCUT2D eigenvalue weighted by atomic mass is 9.94. The highest BCUT2D eigenvalue weighted by molar-refractivity contribution is 5.82. The number of benzene rings is 1. The molecule has 0 heterocycles. The van der Waals surface area contributed by atoms with Crippen LogP contribution in [0.15, 0.2) is 24.3 Å². The van der Waals surface area contributed by atoms with Crippen LogP contribution in [0.3, 0.4) is 0 Å². The standard InChI is InChI=1S/C15H22O/c1-4-5-6-8-14-9-7-10-15(11-14)12(2)13(3)16/h7,9-12H,4-6,8H2,1-3H3. The molecule has 0 aliphatic carbocycles. The van der Waals surface area contributed by atoms with E-state index < -0.39 is 0 Å². The molecule has 0 saturated carbocycles. The van der Waals surface area contributed by atoms with Crippen molar-refractivity contribution in [1.29, 1.82) is 0 Å². The molecule has 0 spiro atoms. The van der Waals surface area contributed by atoms with E-state index in [2.05, 4.69) is 31.2 Å². The summed E-state index contributed by atoms with van der Waals surface area (Å²) in [6.07, 6.45) is 4.91. The minimum absolute atomic E-state index is 0.0334. The summed E-state index contributed by atoms with van der Waals surface area (Å²) in [5, 5.41) is 0. The summed E-state index contributed by atoms with van der Waals surface area (Å²) in [6.45, 7) is 5.86. The fourth-order valence-corrected chi connectivity index (χ4v) is 1.83. The fraction of sp³-hybridized carbons (Fsp3) is 0.533. The number of carbonyl (C=O) groups is 1. The molecule has 1 rings (SSSR count). The van der Waals surface area contributed by atoms with Crippen molar-refractivity contribution in [3.63, 3.8) is 0 Å². The summed E-state index contributed by atoms with van der Waals surface area (Å²) in [6, 6.07) is 8.46. The highest BCUT2D eigenvalue weighted by Crippen LogP contribution is 2.18. The van der Waals surface area contributed by atoms with Gasteiger partial charge in [0.1, 0.15) is 5.78 Å². The lowest BCUT2D eigenvalue weighted by molar-refractivity contribution is -0.118. The van der Waals surface area contributed by atoms with Crippen LogP contribution in [0.1, 0.15) is 57.1 Å². The number of Topliss-reactive ketones (excluding diaryl/α,β-unsaturated/α-hetero) is 1. The third kappa shape index (κ3) is 3.80. The first-order valence-corrected chi connectivity index (χ1v) is 6.24. The molecular formula is C15H22O. The molecule has 1 atom stereocenters. The first kappa shape index (κ1) is 13.0. The van der Waals surface area contributed by atoms with Crippen molar-refractivity contribution in [3.8, 4) is 0 Å². The van der Waals surface area contributed by atoms with Crippen LogP contribution in [-0.2, 0) is 11.2 Å². The van der Waals surface area contributed by atoms with E-state index in [0.717, 1.165) is 12.0 Å². The Hall–Kier alpha value is -1.11. The maximum absolute atomic E-state index is 11.3. The van der Waals surface area contributed by atoms with E-state index in [1.54, 1.807) is 6.92 Å². The molecule has 0 radical (unpaired) electrons. The van der Waals surface area contributed by atoms with Gasteiger partial charge < -0.3 is 0 Å². The molecule has 0 aliphatic heterocycles. The predicted molar refractivity (Wildman–Crippen MR) is 68.8 cm³/mol. The Bertz CT molecular complexity index is 341. The Morgan fingerprint density at radius 1 is 1.31 bits per heavy atom. The van der Waals surface area contributed by atoms with Gasteiger partial charge in [-0.1, -0.05) is 51.0 Å². The Balaban J connectivity index is 2.67. The number of aryl methyl sites for hydroxylation is 1. The van der Waals surface area contributed by atoms with Crippen LogP contribution in [0.25, 0.3) is 0 Å². The Kier molecular flexibility index (Phi) is 5.24. The first-order valence-electron chi connectivity index (χ1n) is 6.24. The van der Waals surface area contributed by atoms with Gasteiger partial charge in [0.15, 0.2) is 0 Å². The van der Waals surface area contributed by atoms with Crippen molar-refractivity contribution in [1.82, 2.24) is 0 Å². The largest absolute Gasteiger partial charge is 0.299 e. The van der Waals surface area contributed by atoms with E-state index in [4.69, 9.17) is 0 Å². The van der Waals surface area contributed by atoms with E-state index >= 15 is 0 Å². The van der Waals surface area contributed by atoms with Gasteiger partial charge >= 0.3 is 0 Å². The van der Waals surface area contributed by atoms with Crippen molar-refractivity contribution in [3.05, 3.63) is 35.4 Å². The number of hydrogen-bond donors (Lipinski definition) is 0. The smallest absolute Gasteiger partial charge is 0.136 e. The number of ketones is 1. The molecule has 1 unspecified atom stereocenters. The Morgan fingerprint density at radius 3 is 2.69 bits per heavy atom. The molecule has 0 aromatic heterocycles. The molecule has 0 aliphatic rings. The van der Waals surface area contributed by atoms with Crippen molar-refractivity contribution in [2.24, 2.45) is 0 Å². The van der Waals surface area contributed by atoms with Crippen LogP contribution in [0.4, 0.5) is 0 Å². The van der Waals surface area contributed by atoms with Gasteiger partial charge in [0.25, 0.3) is 0 Å². The third-order valence-corrected chi connectivity index (χ3v) is 3.13. The molecule has 0 bridgehead atoms. The monoisotopic (exact) mass is 218 g/mol. The molecule has 16 heavy (non-hydrogen) atoms. The lowest BCUT2D eigenvalue weighted by Crippen LogP contribution is -2.04. The normalized spacial score (nSPS) is 12.4. The van der Waals surface area contributed by atoms with Gasteiger partial charge in [0, 0.05) is 5.92 Å². The van der Waals surface area contributed by atoms with Crippen LogP contribution < -0.4 is 0 Å². The quantitative estimate of drug-likeness (QED) is 0.657. The molecule has 1 aromatic carbocycles. The van der Waals surface area contributed by atoms with Gasteiger partial charge in [0.2, 0.25) is 0 Å². The van der Waals surface area contributed by atoms with E-state index in [1.165, 1.54) is 24.8 Å². The second-order valence-electron chi connectivity index (χ2n) is 4.53. The Morgan fingerprint density at radius 2 is 2.06 bits per heavy atom. The second-order valence-corrected chi connectivity index (χ2v) is 4.53. The van der Waals surface area contributed by atoms with E-state index in [1.807, 2.05) is 6.92 Å². The van der Waals surface area contributed by atoms with Crippen molar-refractivity contribution < 1.29 is 4.79 Å². The molecule has 0 N–H and O–H groups in total. The topological polar surface area (TPSA) is 17.1 Å². The molecule has 0 fully saturated rings. The number of rotatable bonds is 6. The van der Waals surface area contributed by atoms with Crippen LogP contribution in [0.2, 0.25) is 0 Å². The number of carbonyl (C=O) groups excluding carboxylic acids is 1. The van der Waals surface area contributed by atoms with Crippen LogP contribution in [0.5, 0.6) is 0 Å². The summed E-state index contributed by atoms with van der Waals surface area (Å²) >= 11 is 0. The maximum atomic E-state index is 11.3. The average Bonchev–Trinajstić information content (AvgIpc) is 2.29. The molecule has 0 amide bonds. The van der Waals surface area contributed by atoms with Crippen molar-refractivity contribution in [2.75, 3.05) is 0 Å². The zero-order valence-electron chi connectivity index (χ0n) is 10.6. The highest BCUT2D eigenvalue weighted by atomic mass is 16.1. The van der Waals surface area contributed by atoms with Gasteiger partial charge in [-0.15, -0.1) is 0 Å². The SMILES string of the molecule is CCCCCc1cccc(C(C)C(C)=O)c1. The van der Waals surface area contributed by atoms with Gasteiger partial charge in [0.05, 0.1) is 0 Å². The Labute approximate surface area is 98.9 Å². The average molecular weight is 218 g/mol. The molecular weight excluding hydrogens is 196 g/mol. The zero-order chi connectivity index (χ0) is 12.0. The molecule has 1 nitrogen and oxygen atoms in total. The van der Waals surface area contributed by atoms with Crippen molar-refractivity contribution >= 4 is 5.78 Å². The highest BCUT2D eigenvalue weighted by Gasteiger charge is 2.10. The minimum Gasteiger partial charge on any atom is -0.299 e. The van der Waals surface area contributed by atoms with E-state index in [9.17, 15) is 4.79 Å². The van der Waals surface area contributed by atoms with Gasteiger partial charge in [-0.2, -0.15) is 0 Å². The van der Waals surface area contributed by atoms with Crippen molar-refractivity contribution in [2.45, 2.75) is 52.4 Å². The molecule has 0 saturated heterocycles. The summed E-state index contributed by atoms with van der Waals surface area (Å²) in [7, 11) is 0. The lowest BCUT2D eigenvalue weighted by Gasteiger charge is -2.09. The summed E-state index contributed by atoms with van der Waals surface area (Å²) in [5.74, 6) is 0.275. The van der Waals surface area contributed by atoms with Gasteiger partial charge in [-0.25, -0.2) is 0 Å². The maximum Gasteiger partial charge on any atom is 0.136 e. The number of unbranched alkanes of at least 4 members (excludes halogenated alkanes) is 2. The van der Waals surface area contributed by atoms with Gasteiger partial charge in [-0.3, -0.25) is 4.79 Å². The molecule has 1 heteroatoms. The van der Waals surface area contributed by atoms with Crippen LogP contribution >= 0.6 is 0 Å².